The Labute approximate surface area is 195 Å². The molecular weight excluding hydrogens is 469 g/mol. The number of carbonyl (C=O) groups is 1. The highest BCUT2D eigenvalue weighted by atomic mass is 32.2. The molecule has 0 aromatic heterocycles. The van der Waals surface area contributed by atoms with Crippen LogP contribution in [0.15, 0.2) is 57.6 Å². The SMILES string of the molecule is CC(=O)N1CCc2cc(S(=O)(=O)C3CCN(c4cccc(C5(C(F)(F)F)N=N5)c4)CC3)ccc21. The predicted octanol–water partition coefficient (Wildman–Crippen LogP) is 4.22. The minimum absolute atomic E-state index is 0.0370. The molecule has 0 spiro atoms. The van der Waals surface area contributed by atoms with Gasteiger partial charge in [0.1, 0.15) is 0 Å². The van der Waals surface area contributed by atoms with Gasteiger partial charge in [-0.3, -0.25) is 4.79 Å². The van der Waals surface area contributed by atoms with Gasteiger partial charge >= 0.3 is 11.8 Å². The van der Waals surface area contributed by atoms with Crippen LogP contribution in [0.4, 0.5) is 24.5 Å². The summed E-state index contributed by atoms with van der Waals surface area (Å²) in [6, 6.07) is 11.0. The molecule has 0 bridgehead atoms. The Hall–Kier alpha value is -2.95. The first-order valence-electron chi connectivity index (χ1n) is 11.0. The van der Waals surface area contributed by atoms with Gasteiger partial charge < -0.3 is 9.80 Å². The second-order valence-corrected chi connectivity index (χ2v) is 11.1. The minimum Gasteiger partial charge on any atom is -0.371 e. The number of fused-ring (bicyclic) bond motifs is 1. The van der Waals surface area contributed by atoms with Crippen molar-refractivity contribution in [2.24, 2.45) is 10.2 Å². The van der Waals surface area contributed by atoms with Gasteiger partial charge in [0.05, 0.1) is 10.1 Å². The van der Waals surface area contributed by atoms with Crippen molar-refractivity contribution in [2.45, 2.75) is 48.2 Å². The zero-order valence-electron chi connectivity index (χ0n) is 18.4. The number of carbonyl (C=O) groups excluding carboxylic acids is 1. The maximum Gasteiger partial charge on any atom is 0.442 e. The van der Waals surface area contributed by atoms with Crippen LogP contribution >= 0.6 is 0 Å². The number of nitrogens with zero attached hydrogens (tertiary/aromatic N) is 4. The monoisotopic (exact) mass is 492 g/mol. The summed E-state index contributed by atoms with van der Waals surface area (Å²) in [6.45, 7) is 2.84. The lowest BCUT2D eigenvalue weighted by molar-refractivity contribution is -0.166. The van der Waals surface area contributed by atoms with Crippen LogP contribution < -0.4 is 9.80 Å². The van der Waals surface area contributed by atoms with E-state index in [0.717, 1.165) is 11.3 Å². The number of rotatable bonds is 4. The Bertz CT molecular complexity index is 1280. The average molecular weight is 493 g/mol. The Balaban J connectivity index is 1.30. The van der Waals surface area contributed by atoms with Gasteiger partial charge in [0.2, 0.25) is 5.91 Å². The van der Waals surface area contributed by atoms with Crippen molar-refractivity contribution < 1.29 is 26.4 Å². The first-order valence-corrected chi connectivity index (χ1v) is 12.6. The number of benzene rings is 2. The van der Waals surface area contributed by atoms with Crippen LogP contribution in [0.25, 0.3) is 0 Å². The molecule has 1 amide bonds. The van der Waals surface area contributed by atoms with Gasteiger partial charge in [0.25, 0.3) is 0 Å². The zero-order chi connectivity index (χ0) is 24.3. The fraction of sp³-hybridized carbons (Fsp3) is 0.435. The molecule has 0 saturated carbocycles. The highest BCUT2D eigenvalue weighted by molar-refractivity contribution is 7.92. The molecule has 1 saturated heterocycles. The third-order valence-corrected chi connectivity index (χ3v) is 9.11. The van der Waals surface area contributed by atoms with E-state index in [1.807, 2.05) is 4.90 Å². The minimum atomic E-state index is -4.59. The molecule has 5 rings (SSSR count). The van der Waals surface area contributed by atoms with Crippen LogP contribution in [-0.4, -0.2) is 45.4 Å². The highest BCUT2D eigenvalue weighted by Crippen LogP contribution is 2.52. The van der Waals surface area contributed by atoms with Crippen LogP contribution in [0.3, 0.4) is 0 Å². The summed E-state index contributed by atoms with van der Waals surface area (Å²) in [4.78, 5) is 15.5. The van der Waals surface area contributed by atoms with Crippen LogP contribution in [-0.2, 0) is 26.7 Å². The lowest BCUT2D eigenvalue weighted by atomic mass is 10.0. The van der Waals surface area contributed by atoms with Gasteiger partial charge in [-0.15, -0.1) is 10.2 Å². The van der Waals surface area contributed by atoms with Crippen LogP contribution in [0, 0.1) is 0 Å². The Kier molecular flexibility index (Phi) is 5.23. The number of anilines is 2. The molecule has 0 N–H and O–H groups in total. The summed E-state index contributed by atoms with van der Waals surface area (Å²) in [7, 11) is -3.58. The van der Waals surface area contributed by atoms with Gasteiger partial charge in [-0.2, -0.15) is 13.2 Å². The van der Waals surface area contributed by atoms with Crippen LogP contribution in [0.1, 0.15) is 30.9 Å². The molecule has 7 nitrogen and oxygen atoms in total. The standard InChI is InChI=1S/C23H23F3N4O3S/c1-15(31)30-12-7-16-13-20(5-6-21(16)30)34(32,33)19-8-10-29(11-9-19)18-4-2-3-17(14-18)22(27-28-22)23(24,25)26/h2-6,13-14,19H,7-12H2,1H3. The summed E-state index contributed by atoms with van der Waals surface area (Å²) < 4.78 is 66.7. The number of hydrogen-bond donors (Lipinski definition) is 0. The van der Waals surface area contributed by atoms with Crippen LogP contribution in [0.5, 0.6) is 0 Å². The number of piperidine rings is 1. The van der Waals surface area contributed by atoms with E-state index in [1.54, 1.807) is 35.2 Å². The van der Waals surface area contributed by atoms with Crippen molar-refractivity contribution in [3.05, 3.63) is 53.6 Å². The van der Waals surface area contributed by atoms with Crippen LogP contribution in [0.2, 0.25) is 0 Å². The third-order valence-electron chi connectivity index (χ3n) is 6.85. The maximum absolute atomic E-state index is 13.4. The van der Waals surface area contributed by atoms with Gasteiger partial charge in [0, 0.05) is 43.5 Å². The Morgan fingerprint density at radius 1 is 1.06 bits per heavy atom. The number of alkyl halides is 3. The molecule has 1 fully saturated rings. The van der Waals surface area contributed by atoms with E-state index in [9.17, 15) is 26.4 Å². The molecule has 3 aliphatic heterocycles. The Morgan fingerprint density at radius 3 is 2.38 bits per heavy atom. The molecule has 0 aliphatic carbocycles. The number of amides is 1. The predicted molar refractivity (Wildman–Crippen MR) is 120 cm³/mol. The van der Waals surface area contributed by atoms with Crippen molar-refractivity contribution in [3.63, 3.8) is 0 Å². The molecule has 34 heavy (non-hydrogen) atoms. The first kappa shape index (κ1) is 22.8. The molecular formula is C23H23F3N4O3S. The second kappa shape index (κ2) is 7.79. The van der Waals surface area contributed by atoms with Crippen molar-refractivity contribution in [3.8, 4) is 0 Å². The van der Waals surface area contributed by atoms with E-state index in [0.29, 0.717) is 44.6 Å². The summed E-state index contributed by atoms with van der Waals surface area (Å²) in [5.41, 5.74) is -0.316. The van der Waals surface area contributed by atoms with Gasteiger partial charge in [-0.05, 0) is 55.2 Å². The average Bonchev–Trinajstić information content (AvgIpc) is 3.53. The first-order chi connectivity index (χ1) is 16.0. The van der Waals surface area contributed by atoms with E-state index in [-0.39, 0.29) is 16.4 Å². The fourth-order valence-electron chi connectivity index (χ4n) is 4.86. The van der Waals surface area contributed by atoms with Gasteiger partial charge in [0.15, 0.2) is 9.84 Å². The van der Waals surface area contributed by atoms with Crippen molar-refractivity contribution in [1.82, 2.24) is 0 Å². The normalized spacial score (nSPS) is 19.9. The summed E-state index contributed by atoms with van der Waals surface area (Å²) in [5.74, 6) is -0.0732. The van der Waals surface area contributed by atoms with E-state index in [4.69, 9.17) is 0 Å². The zero-order valence-corrected chi connectivity index (χ0v) is 19.2. The third kappa shape index (κ3) is 3.66. The fourth-order valence-corrected chi connectivity index (χ4v) is 6.64. The molecule has 2 aromatic carbocycles. The molecule has 11 heteroatoms. The van der Waals surface area contributed by atoms with Crippen molar-refractivity contribution in [2.75, 3.05) is 29.4 Å². The molecule has 0 radical (unpaired) electrons. The highest BCUT2D eigenvalue weighted by Gasteiger charge is 2.65. The Morgan fingerprint density at radius 2 is 1.76 bits per heavy atom. The molecule has 3 aliphatic rings. The van der Waals surface area contributed by atoms with Gasteiger partial charge in [-0.25, -0.2) is 8.42 Å². The molecule has 0 unspecified atom stereocenters. The van der Waals surface area contributed by atoms with Gasteiger partial charge in [-0.1, -0.05) is 12.1 Å². The smallest absolute Gasteiger partial charge is 0.371 e. The van der Waals surface area contributed by atoms with E-state index in [2.05, 4.69) is 10.2 Å². The summed E-state index contributed by atoms with van der Waals surface area (Å²) in [6.07, 6.45) is -3.25. The van der Waals surface area contributed by atoms with Crippen molar-refractivity contribution in [1.29, 1.82) is 0 Å². The maximum atomic E-state index is 13.4. The quantitative estimate of drug-likeness (QED) is 0.640. The number of sulfone groups is 1. The summed E-state index contributed by atoms with van der Waals surface area (Å²) in [5, 5.41) is 5.94. The molecule has 0 atom stereocenters. The molecule has 180 valence electrons. The molecule has 3 heterocycles. The lowest BCUT2D eigenvalue weighted by Gasteiger charge is -2.33. The lowest BCUT2D eigenvalue weighted by Crippen LogP contribution is -2.39. The largest absolute Gasteiger partial charge is 0.442 e. The topological polar surface area (TPSA) is 82.4 Å². The second-order valence-electron chi connectivity index (χ2n) is 8.86. The number of hydrogen-bond acceptors (Lipinski definition) is 6. The van der Waals surface area contributed by atoms with E-state index >= 15 is 0 Å². The van der Waals surface area contributed by atoms with E-state index in [1.165, 1.54) is 19.1 Å². The van der Waals surface area contributed by atoms with E-state index < -0.39 is 26.9 Å². The number of halogens is 3. The van der Waals surface area contributed by atoms with Crippen molar-refractivity contribution >= 4 is 27.1 Å². The summed E-state index contributed by atoms with van der Waals surface area (Å²) >= 11 is 0. The molecule has 2 aromatic rings.